The van der Waals surface area contributed by atoms with Crippen LogP contribution in [0.15, 0.2) is 42.5 Å². The van der Waals surface area contributed by atoms with Crippen molar-refractivity contribution < 1.29 is 14.7 Å². The summed E-state index contributed by atoms with van der Waals surface area (Å²) in [7, 11) is 0. The van der Waals surface area contributed by atoms with Crippen LogP contribution in [0.25, 0.3) is 0 Å². The number of carbonyl (C=O) groups excluding carboxylic acids is 1. The van der Waals surface area contributed by atoms with Crippen molar-refractivity contribution in [3.63, 3.8) is 0 Å². The first-order valence-corrected chi connectivity index (χ1v) is 9.60. The van der Waals surface area contributed by atoms with Gasteiger partial charge in [0.1, 0.15) is 5.69 Å². The van der Waals surface area contributed by atoms with Crippen molar-refractivity contribution in [3.05, 3.63) is 65.0 Å². The zero-order valence-electron chi connectivity index (χ0n) is 15.5. The molecule has 5 heteroatoms. The Balaban J connectivity index is 1.49. The Morgan fingerprint density at radius 2 is 1.74 bits per heavy atom. The van der Waals surface area contributed by atoms with Gasteiger partial charge in [0.25, 0.3) is 5.91 Å². The number of piperidine rings is 1. The van der Waals surface area contributed by atoms with Crippen LogP contribution in [0.3, 0.4) is 0 Å². The van der Waals surface area contributed by atoms with Gasteiger partial charge in [-0.2, -0.15) is 0 Å². The molecule has 0 saturated carbocycles. The molecule has 2 aromatic rings. The van der Waals surface area contributed by atoms with Gasteiger partial charge in [-0.1, -0.05) is 30.3 Å². The molecule has 0 aliphatic carbocycles. The Hall–Kier alpha value is -2.69. The molecule has 2 fully saturated rings. The second-order valence-corrected chi connectivity index (χ2v) is 7.76. The predicted molar refractivity (Wildman–Crippen MR) is 102 cm³/mol. The highest BCUT2D eigenvalue weighted by atomic mass is 16.4. The van der Waals surface area contributed by atoms with Crippen LogP contribution in [0.1, 0.15) is 57.8 Å². The van der Waals surface area contributed by atoms with Crippen LogP contribution in [0.4, 0.5) is 0 Å². The SMILES string of the molecule is Cc1nc(C(=O)N2C3CCC2CC(Cc2ccccc2)C3)ccc1C(=O)O. The van der Waals surface area contributed by atoms with Gasteiger partial charge < -0.3 is 10.0 Å². The molecule has 4 rings (SSSR count). The zero-order chi connectivity index (χ0) is 19.0. The maximum Gasteiger partial charge on any atom is 0.337 e. The van der Waals surface area contributed by atoms with E-state index in [0.717, 1.165) is 32.1 Å². The van der Waals surface area contributed by atoms with Crippen molar-refractivity contribution in [2.24, 2.45) is 5.92 Å². The smallest absolute Gasteiger partial charge is 0.337 e. The first kappa shape index (κ1) is 17.7. The number of hydrogen-bond acceptors (Lipinski definition) is 3. The van der Waals surface area contributed by atoms with Crippen molar-refractivity contribution in [3.8, 4) is 0 Å². The van der Waals surface area contributed by atoms with Gasteiger partial charge in [-0.15, -0.1) is 0 Å². The van der Waals surface area contributed by atoms with E-state index in [-0.39, 0.29) is 23.6 Å². The summed E-state index contributed by atoms with van der Waals surface area (Å²) in [5, 5.41) is 9.15. The Kier molecular flexibility index (Phi) is 4.68. The molecule has 2 saturated heterocycles. The maximum atomic E-state index is 13.1. The maximum absolute atomic E-state index is 13.1. The molecular weight excluding hydrogens is 340 g/mol. The summed E-state index contributed by atoms with van der Waals surface area (Å²) in [6, 6.07) is 14.1. The number of aromatic carboxylic acids is 1. The molecule has 2 unspecified atom stereocenters. The van der Waals surface area contributed by atoms with Crippen molar-refractivity contribution >= 4 is 11.9 Å². The summed E-state index contributed by atoms with van der Waals surface area (Å²) >= 11 is 0. The molecule has 2 aliphatic heterocycles. The minimum Gasteiger partial charge on any atom is -0.478 e. The summed E-state index contributed by atoms with van der Waals surface area (Å²) in [5.74, 6) is -0.459. The lowest BCUT2D eigenvalue weighted by Gasteiger charge is -2.39. The van der Waals surface area contributed by atoms with Crippen LogP contribution in [-0.4, -0.2) is 39.0 Å². The number of benzene rings is 1. The zero-order valence-corrected chi connectivity index (χ0v) is 15.5. The number of nitrogens with zero attached hydrogens (tertiary/aromatic N) is 2. The van der Waals surface area contributed by atoms with E-state index in [2.05, 4.69) is 29.2 Å². The highest BCUT2D eigenvalue weighted by Crippen LogP contribution is 2.40. The van der Waals surface area contributed by atoms with Gasteiger partial charge in [-0.25, -0.2) is 9.78 Å². The minimum atomic E-state index is -1.01. The summed E-state index contributed by atoms with van der Waals surface area (Å²) in [6.07, 6.45) is 5.23. The lowest BCUT2D eigenvalue weighted by atomic mass is 9.85. The molecule has 140 valence electrons. The number of amides is 1. The molecule has 2 aliphatic rings. The molecule has 1 aromatic carbocycles. The normalized spacial score (nSPS) is 24.0. The molecule has 27 heavy (non-hydrogen) atoms. The summed E-state index contributed by atoms with van der Waals surface area (Å²) in [6.45, 7) is 1.64. The van der Waals surface area contributed by atoms with Gasteiger partial charge in [0, 0.05) is 12.1 Å². The quantitative estimate of drug-likeness (QED) is 0.898. The van der Waals surface area contributed by atoms with Crippen LogP contribution in [0, 0.1) is 12.8 Å². The predicted octanol–water partition coefficient (Wildman–Crippen LogP) is 3.71. The van der Waals surface area contributed by atoms with Gasteiger partial charge >= 0.3 is 5.97 Å². The van der Waals surface area contributed by atoms with Crippen LogP contribution in [0.2, 0.25) is 0 Å². The third-order valence-corrected chi connectivity index (χ3v) is 5.97. The van der Waals surface area contributed by atoms with Crippen LogP contribution in [0.5, 0.6) is 0 Å². The number of carboxylic acids is 1. The Morgan fingerprint density at radius 1 is 1.07 bits per heavy atom. The van der Waals surface area contributed by atoms with Crippen LogP contribution < -0.4 is 0 Å². The lowest BCUT2D eigenvalue weighted by molar-refractivity contribution is 0.0517. The van der Waals surface area contributed by atoms with E-state index in [1.807, 2.05) is 11.0 Å². The van der Waals surface area contributed by atoms with Gasteiger partial charge in [0.15, 0.2) is 0 Å². The Bertz CT molecular complexity index is 851. The average molecular weight is 364 g/mol. The lowest BCUT2D eigenvalue weighted by Crippen LogP contribution is -2.47. The van der Waals surface area contributed by atoms with Crippen molar-refractivity contribution in [2.45, 2.75) is 51.1 Å². The third kappa shape index (κ3) is 3.46. The number of aryl methyl sites for hydroxylation is 1. The van der Waals surface area contributed by atoms with Crippen molar-refractivity contribution in [1.29, 1.82) is 0 Å². The van der Waals surface area contributed by atoms with Gasteiger partial charge in [-0.3, -0.25) is 4.79 Å². The van der Waals surface area contributed by atoms with E-state index in [9.17, 15) is 9.59 Å². The summed E-state index contributed by atoms with van der Waals surface area (Å²) < 4.78 is 0. The number of pyridine rings is 1. The molecule has 2 atom stereocenters. The third-order valence-electron chi connectivity index (χ3n) is 5.97. The molecule has 2 bridgehead atoms. The number of fused-ring (bicyclic) bond motifs is 2. The molecule has 1 aromatic heterocycles. The number of carbonyl (C=O) groups is 2. The van der Waals surface area contributed by atoms with Gasteiger partial charge in [0.2, 0.25) is 0 Å². The standard InChI is InChI=1S/C22H24N2O3/c1-14-19(22(26)27)9-10-20(23-14)21(25)24-17-7-8-18(24)13-16(12-17)11-15-5-3-2-4-6-15/h2-6,9-10,16-18H,7-8,11-13H2,1H3,(H,26,27). The molecule has 1 N–H and O–H groups in total. The average Bonchev–Trinajstić information content (AvgIpc) is 2.92. The number of hydrogen-bond donors (Lipinski definition) is 1. The van der Waals surface area contributed by atoms with E-state index in [4.69, 9.17) is 5.11 Å². The fourth-order valence-corrected chi connectivity index (χ4v) is 4.77. The minimum absolute atomic E-state index is 0.0549. The summed E-state index contributed by atoms with van der Waals surface area (Å²) in [5.41, 5.74) is 2.26. The molecule has 1 amide bonds. The monoisotopic (exact) mass is 364 g/mol. The molecule has 0 radical (unpaired) electrons. The number of rotatable bonds is 4. The largest absolute Gasteiger partial charge is 0.478 e. The fraction of sp³-hybridized carbons (Fsp3) is 0.409. The van der Waals surface area contributed by atoms with E-state index in [0.29, 0.717) is 17.3 Å². The van der Waals surface area contributed by atoms with Crippen molar-refractivity contribution in [1.82, 2.24) is 9.88 Å². The highest BCUT2D eigenvalue weighted by molar-refractivity contribution is 5.95. The Labute approximate surface area is 159 Å². The van der Waals surface area contributed by atoms with Gasteiger partial charge in [0.05, 0.1) is 11.3 Å². The Morgan fingerprint density at radius 3 is 2.33 bits per heavy atom. The van der Waals surface area contributed by atoms with Crippen LogP contribution in [-0.2, 0) is 6.42 Å². The first-order valence-electron chi connectivity index (χ1n) is 9.60. The molecule has 0 spiro atoms. The second kappa shape index (κ2) is 7.14. The second-order valence-electron chi connectivity index (χ2n) is 7.76. The van der Waals surface area contributed by atoms with E-state index < -0.39 is 5.97 Å². The van der Waals surface area contributed by atoms with E-state index >= 15 is 0 Å². The van der Waals surface area contributed by atoms with Crippen LogP contribution >= 0.6 is 0 Å². The first-order chi connectivity index (χ1) is 13.0. The highest BCUT2D eigenvalue weighted by Gasteiger charge is 2.43. The molecule has 3 heterocycles. The summed E-state index contributed by atoms with van der Waals surface area (Å²) in [4.78, 5) is 30.5. The molecule has 5 nitrogen and oxygen atoms in total. The van der Waals surface area contributed by atoms with E-state index in [1.54, 1.807) is 13.0 Å². The molecular formula is C22H24N2O3. The number of aromatic nitrogens is 1. The fourth-order valence-electron chi connectivity index (χ4n) is 4.77. The number of carboxylic acid groups (broad SMARTS) is 1. The van der Waals surface area contributed by atoms with E-state index in [1.165, 1.54) is 11.6 Å². The van der Waals surface area contributed by atoms with Crippen molar-refractivity contribution in [2.75, 3.05) is 0 Å². The van der Waals surface area contributed by atoms with Gasteiger partial charge in [-0.05, 0) is 62.6 Å². The topological polar surface area (TPSA) is 70.5 Å².